The Hall–Kier alpha value is -2.24. The first-order chi connectivity index (χ1) is 7.58. The molecule has 2 rings (SSSR count). The predicted octanol–water partition coefficient (Wildman–Crippen LogP) is 0.804. The van der Waals surface area contributed by atoms with Crippen molar-refractivity contribution in [3.8, 4) is 5.69 Å². The number of benzene rings is 1. The van der Waals surface area contributed by atoms with Gasteiger partial charge in [-0.15, -0.1) is 0 Å². The van der Waals surface area contributed by atoms with Gasteiger partial charge in [0.05, 0.1) is 5.69 Å². The molecule has 0 aliphatic rings. The van der Waals surface area contributed by atoms with Crippen LogP contribution in [0.15, 0.2) is 40.1 Å². The van der Waals surface area contributed by atoms with Gasteiger partial charge in [-0.2, -0.15) is 0 Å². The van der Waals surface area contributed by atoms with E-state index in [1.807, 2.05) is 4.98 Å². The smallest absolute Gasteiger partial charge is 0.274 e. The van der Waals surface area contributed by atoms with Crippen LogP contribution in [0.3, 0.4) is 0 Å². The zero-order valence-electron chi connectivity index (χ0n) is 7.91. The average molecular weight is 224 g/mol. The van der Waals surface area contributed by atoms with Crippen LogP contribution < -0.4 is 11.2 Å². The van der Waals surface area contributed by atoms with Crippen LogP contribution in [-0.4, -0.2) is 9.55 Å². The number of hydrogen-bond donors (Lipinski definition) is 1. The Morgan fingerprint density at radius 2 is 1.81 bits per heavy atom. The molecule has 0 spiro atoms. The number of nitrogens with one attached hydrogen (secondary N) is 1. The molecule has 0 fully saturated rings. The van der Waals surface area contributed by atoms with E-state index >= 15 is 0 Å². The molecule has 0 saturated heterocycles. The van der Waals surface area contributed by atoms with Crippen molar-refractivity contribution in [2.24, 2.45) is 0 Å². The van der Waals surface area contributed by atoms with E-state index in [1.54, 1.807) is 0 Å². The predicted molar refractivity (Wildman–Crippen MR) is 52.6 cm³/mol. The van der Waals surface area contributed by atoms with Crippen LogP contribution in [-0.2, 0) is 0 Å². The third-order valence-corrected chi connectivity index (χ3v) is 2.01. The van der Waals surface area contributed by atoms with Gasteiger partial charge in [0, 0.05) is 18.3 Å². The SMILES string of the molecule is O=c1ccn(-c2ccc(F)c(F)c2)c(=O)[nH]1. The highest BCUT2D eigenvalue weighted by Crippen LogP contribution is 2.10. The topological polar surface area (TPSA) is 54.9 Å². The van der Waals surface area contributed by atoms with Gasteiger partial charge in [0.15, 0.2) is 11.6 Å². The Kier molecular flexibility index (Phi) is 2.40. The van der Waals surface area contributed by atoms with Crippen LogP contribution in [0, 0.1) is 11.6 Å². The van der Waals surface area contributed by atoms with E-state index in [1.165, 1.54) is 12.3 Å². The second-order valence-electron chi connectivity index (χ2n) is 3.08. The molecule has 0 bridgehead atoms. The Morgan fingerprint density at radius 1 is 1.06 bits per heavy atom. The lowest BCUT2D eigenvalue weighted by molar-refractivity contribution is 0.507. The van der Waals surface area contributed by atoms with Crippen molar-refractivity contribution in [2.75, 3.05) is 0 Å². The van der Waals surface area contributed by atoms with Crippen LogP contribution in [0.2, 0.25) is 0 Å². The maximum atomic E-state index is 12.9. The number of aromatic amines is 1. The summed E-state index contributed by atoms with van der Waals surface area (Å²) in [6.07, 6.45) is 1.19. The minimum atomic E-state index is -1.06. The Balaban J connectivity index is 2.63. The van der Waals surface area contributed by atoms with Crippen molar-refractivity contribution in [3.05, 3.63) is 62.9 Å². The quantitative estimate of drug-likeness (QED) is 0.779. The molecule has 1 aromatic carbocycles. The molecule has 0 atom stereocenters. The minimum absolute atomic E-state index is 0.139. The van der Waals surface area contributed by atoms with Gasteiger partial charge >= 0.3 is 5.69 Å². The summed E-state index contributed by atoms with van der Waals surface area (Å²) in [4.78, 5) is 24.1. The van der Waals surface area contributed by atoms with Gasteiger partial charge in [-0.3, -0.25) is 14.3 Å². The Bertz CT molecular complexity index is 646. The van der Waals surface area contributed by atoms with E-state index < -0.39 is 22.9 Å². The van der Waals surface area contributed by atoms with Crippen LogP contribution >= 0.6 is 0 Å². The summed E-state index contributed by atoms with van der Waals surface area (Å²) in [6.45, 7) is 0. The van der Waals surface area contributed by atoms with Crippen LogP contribution in [0.4, 0.5) is 8.78 Å². The van der Waals surface area contributed by atoms with Gasteiger partial charge < -0.3 is 0 Å². The van der Waals surface area contributed by atoms with Crippen molar-refractivity contribution in [2.45, 2.75) is 0 Å². The lowest BCUT2D eigenvalue weighted by Gasteiger charge is -2.04. The fourth-order valence-electron chi connectivity index (χ4n) is 1.26. The number of halogens is 2. The summed E-state index contributed by atoms with van der Waals surface area (Å²) in [5, 5.41) is 0. The Morgan fingerprint density at radius 3 is 2.44 bits per heavy atom. The standard InChI is InChI=1S/C10H6F2N2O2/c11-7-2-1-6(5-8(7)12)14-4-3-9(15)13-10(14)16/h1-5H,(H,13,15,16). The molecule has 1 N–H and O–H groups in total. The lowest BCUT2D eigenvalue weighted by atomic mass is 10.3. The summed E-state index contributed by atoms with van der Waals surface area (Å²) >= 11 is 0. The molecule has 1 heterocycles. The maximum absolute atomic E-state index is 12.9. The highest BCUT2D eigenvalue weighted by Gasteiger charge is 2.05. The third kappa shape index (κ3) is 1.77. The number of nitrogens with zero attached hydrogens (tertiary/aromatic N) is 1. The number of rotatable bonds is 1. The average Bonchev–Trinajstić information content (AvgIpc) is 2.22. The fourth-order valence-corrected chi connectivity index (χ4v) is 1.26. The van der Waals surface area contributed by atoms with E-state index in [-0.39, 0.29) is 5.69 Å². The maximum Gasteiger partial charge on any atom is 0.332 e. The number of H-pyrrole nitrogens is 1. The summed E-state index contributed by atoms with van der Waals surface area (Å²) in [6, 6.07) is 4.12. The van der Waals surface area contributed by atoms with Crippen LogP contribution in [0.5, 0.6) is 0 Å². The van der Waals surface area contributed by atoms with Gasteiger partial charge in [0.2, 0.25) is 0 Å². The first-order valence-electron chi connectivity index (χ1n) is 4.35. The molecule has 0 amide bonds. The van der Waals surface area contributed by atoms with Crippen molar-refractivity contribution in [1.29, 1.82) is 0 Å². The highest BCUT2D eigenvalue weighted by atomic mass is 19.2. The zero-order valence-corrected chi connectivity index (χ0v) is 7.91. The molecule has 6 heteroatoms. The molecule has 16 heavy (non-hydrogen) atoms. The molecule has 0 aliphatic carbocycles. The second kappa shape index (κ2) is 3.73. The first kappa shape index (κ1) is 10.3. The largest absolute Gasteiger partial charge is 0.332 e. The molecular weight excluding hydrogens is 218 g/mol. The summed E-state index contributed by atoms with van der Waals surface area (Å²) in [7, 11) is 0. The van der Waals surface area contributed by atoms with Gasteiger partial charge in [-0.25, -0.2) is 13.6 Å². The van der Waals surface area contributed by atoms with Crippen molar-refractivity contribution in [3.63, 3.8) is 0 Å². The second-order valence-corrected chi connectivity index (χ2v) is 3.08. The monoisotopic (exact) mass is 224 g/mol. The molecule has 2 aromatic rings. The van der Waals surface area contributed by atoms with Gasteiger partial charge in [0.1, 0.15) is 0 Å². The van der Waals surface area contributed by atoms with E-state index in [0.717, 1.165) is 22.8 Å². The normalized spacial score (nSPS) is 10.4. The molecular formula is C10H6F2N2O2. The van der Waals surface area contributed by atoms with Crippen molar-refractivity contribution < 1.29 is 8.78 Å². The van der Waals surface area contributed by atoms with Crippen molar-refractivity contribution in [1.82, 2.24) is 9.55 Å². The van der Waals surface area contributed by atoms with E-state index in [9.17, 15) is 18.4 Å². The highest BCUT2D eigenvalue weighted by molar-refractivity contribution is 5.32. The summed E-state index contributed by atoms with van der Waals surface area (Å²) < 4.78 is 26.6. The van der Waals surface area contributed by atoms with E-state index in [0.29, 0.717) is 0 Å². The Labute approximate surface area is 87.8 Å². The third-order valence-electron chi connectivity index (χ3n) is 2.01. The lowest BCUT2D eigenvalue weighted by Crippen LogP contribution is -2.27. The molecule has 1 aromatic heterocycles. The van der Waals surface area contributed by atoms with Gasteiger partial charge in [-0.1, -0.05) is 0 Å². The molecule has 82 valence electrons. The molecule has 0 unspecified atom stereocenters. The fraction of sp³-hybridized carbons (Fsp3) is 0. The summed E-state index contributed by atoms with van der Waals surface area (Å²) in [5.41, 5.74) is -1.12. The number of aromatic nitrogens is 2. The van der Waals surface area contributed by atoms with Gasteiger partial charge in [0.25, 0.3) is 5.56 Å². The summed E-state index contributed by atoms with van der Waals surface area (Å²) in [5.74, 6) is -2.06. The molecule has 0 radical (unpaired) electrons. The molecule has 0 saturated carbocycles. The molecule has 0 aliphatic heterocycles. The van der Waals surface area contributed by atoms with Crippen LogP contribution in [0.1, 0.15) is 0 Å². The van der Waals surface area contributed by atoms with E-state index in [4.69, 9.17) is 0 Å². The van der Waals surface area contributed by atoms with Gasteiger partial charge in [-0.05, 0) is 12.1 Å². The van der Waals surface area contributed by atoms with Crippen LogP contribution in [0.25, 0.3) is 5.69 Å². The van der Waals surface area contributed by atoms with Crippen molar-refractivity contribution >= 4 is 0 Å². The molecule has 4 nitrogen and oxygen atoms in total. The van der Waals surface area contributed by atoms with E-state index in [2.05, 4.69) is 0 Å². The zero-order chi connectivity index (χ0) is 11.7. The minimum Gasteiger partial charge on any atom is -0.274 e. The first-order valence-corrected chi connectivity index (χ1v) is 4.35. The number of hydrogen-bond acceptors (Lipinski definition) is 2.